The summed E-state index contributed by atoms with van der Waals surface area (Å²) in [5.74, 6) is 2.98. The summed E-state index contributed by atoms with van der Waals surface area (Å²) >= 11 is 0. The van der Waals surface area contributed by atoms with Gasteiger partial charge in [0.25, 0.3) is 0 Å². The van der Waals surface area contributed by atoms with Crippen LogP contribution in [0.2, 0.25) is 0 Å². The maximum absolute atomic E-state index is 6.05. The number of furan rings is 1. The molecule has 0 bridgehead atoms. The first-order valence-corrected chi connectivity index (χ1v) is 12.7. The van der Waals surface area contributed by atoms with E-state index in [9.17, 15) is 0 Å². The molecule has 2 aliphatic rings. The summed E-state index contributed by atoms with van der Waals surface area (Å²) in [6.45, 7) is 6.20. The number of aromatic nitrogens is 2. The fourth-order valence-corrected chi connectivity index (χ4v) is 5.24. The molecule has 0 saturated carbocycles. The van der Waals surface area contributed by atoms with E-state index in [1.54, 1.807) is 6.26 Å². The lowest BCUT2D eigenvalue weighted by Crippen LogP contribution is -2.46. The zero-order valence-corrected chi connectivity index (χ0v) is 21.4. The molecule has 0 fully saturated rings. The summed E-state index contributed by atoms with van der Waals surface area (Å²) in [7, 11) is 0. The van der Waals surface area contributed by atoms with Crippen LogP contribution in [0.4, 0.5) is 22.9 Å². The molecule has 2 aromatic heterocycles. The lowest BCUT2D eigenvalue weighted by atomic mass is 9.98. The van der Waals surface area contributed by atoms with Crippen LogP contribution in [0.3, 0.4) is 0 Å². The minimum absolute atomic E-state index is 0.266. The van der Waals surface area contributed by atoms with Crippen LogP contribution in [0.1, 0.15) is 34.2 Å². The van der Waals surface area contributed by atoms with E-state index in [-0.39, 0.29) is 6.04 Å². The van der Waals surface area contributed by atoms with Gasteiger partial charge in [0, 0.05) is 5.69 Å². The van der Waals surface area contributed by atoms with Crippen molar-refractivity contribution in [1.82, 2.24) is 9.78 Å². The van der Waals surface area contributed by atoms with E-state index < -0.39 is 0 Å². The first-order chi connectivity index (χ1) is 18.6. The molecule has 0 amide bonds. The van der Waals surface area contributed by atoms with Gasteiger partial charge in [-0.15, -0.1) is 0 Å². The molecule has 3 aromatic carbocycles. The number of nitrogens with zero attached hydrogens (tertiary/aromatic N) is 5. The highest BCUT2D eigenvalue weighted by molar-refractivity contribution is 6.51. The largest absolute Gasteiger partial charge is 0.467 e. The van der Waals surface area contributed by atoms with Crippen molar-refractivity contribution in [1.29, 1.82) is 0 Å². The topological polar surface area (TPSA) is 71.0 Å². The summed E-state index contributed by atoms with van der Waals surface area (Å²) in [6.07, 6.45) is 1.72. The number of hydrogen-bond acceptors (Lipinski definition) is 6. The predicted molar refractivity (Wildman–Crippen MR) is 152 cm³/mol. The number of aryl methyl sites for hydroxylation is 3. The number of nitrogens with one attached hydrogen (secondary N) is 1. The third-order valence-corrected chi connectivity index (χ3v) is 7.01. The van der Waals surface area contributed by atoms with E-state index in [1.165, 1.54) is 5.56 Å². The molecule has 7 heteroatoms. The van der Waals surface area contributed by atoms with Gasteiger partial charge in [-0.1, -0.05) is 42.0 Å². The van der Waals surface area contributed by atoms with E-state index in [1.807, 2.05) is 54.1 Å². The van der Waals surface area contributed by atoms with Crippen LogP contribution in [-0.4, -0.2) is 21.5 Å². The summed E-state index contributed by atoms with van der Waals surface area (Å²) in [5, 5.41) is 8.52. The number of hydrogen-bond donors (Lipinski definition) is 1. The summed E-state index contributed by atoms with van der Waals surface area (Å²) in [4.78, 5) is 12.5. The van der Waals surface area contributed by atoms with Gasteiger partial charge >= 0.3 is 0 Å². The van der Waals surface area contributed by atoms with E-state index in [0.717, 1.165) is 51.1 Å². The molecule has 0 aliphatic carbocycles. The van der Waals surface area contributed by atoms with Gasteiger partial charge in [-0.25, -0.2) is 14.7 Å². The Hall–Kier alpha value is -4.91. The van der Waals surface area contributed by atoms with Crippen molar-refractivity contribution in [2.75, 3.05) is 10.2 Å². The molecule has 0 radical (unpaired) electrons. The van der Waals surface area contributed by atoms with Gasteiger partial charge in [-0.05, 0) is 74.9 Å². The molecule has 38 heavy (non-hydrogen) atoms. The third kappa shape index (κ3) is 3.55. The number of amidine groups is 2. The normalized spacial score (nSPS) is 15.8. The van der Waals surface area contributed by atoms with Crippen molar-refractivity contribution in [3.63, 3.8) is 0 Å². The summed E-state index contributed by atoms with van der Waals surface area (Å²) in [6, 6.07) is 28.4. The minimum Gasteiger partial charge on any atom is -0.467 e. The molecule has 0 spiro atoms. The molecule has 1 N–H and O–H groups in total. The highest BCUT2D eigenvalue weighted by atomic mass is 16.3. The SMILES string of the molecule is Cc1ccc(-n2nc(C)c3c2N=C2C(Nc4cccc(C)c4)=Nc4ccccc4N2[C@H]3c2ccco2)cc1. The number of anilines is 2. The van der Waals surface area contributed by atoms with Crippen molar-refractivity contribution in [3.05, 3.63) is 119 Å². The number of benzene rings is 3. The average Bonchev–Trinajstić information content (AvgIpc) is 3.57. The standard InChI is InChI=1S/C31H26N6O/c1-19-13-15-23(16-14-19)37-30-27(21(3)35-37)28(26-12-7-17-38-26)36-25-11-5-4-10-24(25)33-29(31(36)34-30)32-22-9-6-8-20(2)18-22/h4-18,28H,1-3H3,(H,32,33)/t28-/m0/s1. The molecule has 1 atom stereocenters. The lowest BCUT2D eigenvalue weighted by Gasteiger charge is -2.39. The van der Waals surface area contributed by atoms with Gasteiger partial charge in [-0.3, -0.25) is 0 Å². The Morgan fingerprint density at radius 2 is 1.66 bits per heavy atom. The van der Waals surface area contributed by atoms with Crippen LogP contribution in [0, 0.1) is 20.8 Å². The van der Waals surface area contributed by atoms with Gasteiger partial charge in [-0.2, -0.15) is 5.10 Å². The average molecular weight is 499 g/mol. The second kappa shape index (κ2) is 8.59. The molecular weight excluding hydrogens is 472 g/mol. The van der Waals surface area contributed by atoms with E-state index in [4.69, 9.17) is 19.5 Å². The molecule has 0 unspecified atom stereocenters. The van der Waals surface area contributed by atoms with E-state index in [2.05, 4.69) is 66.5 Å². The highest BCUT2D eigenvalue weighted by Gasteiger charge is 2.42. The smallest absolute Gasteiger partial charge is 0.179 e. The highest BCUT2D eigenvalue weighted by Crippen LogP contribution is 2.48. The fraction of sp³-hybridized carbons (Fsp3) is 0.129. The molecule has 5 aromatic rings. The Morgan fingerprint density at radius 1 is 0.816 bits per heavy atom. The number of para-hydroxylation sites is 2. The number of rotatable bonds is 3. The monoisotopic (exact) mass is 498 g/mol. The van der Waals surface area contributed by atoms with Gasteiger partial charge < -0.3 is 14.6 Å². The van der Waals surface area contributed by atoms with Crippen molar-refractivity contribution in [3.8, 4) is 5.69 Å². The molecule has 7 nitrogen and oxygen atoms in total. The summed E-state index contributed by atoms with van der Waals surface area (Å²) in [5.41, 5.74) is 8.01. The fourth-order valence-electron chi connectivity index (χ4n) is 5.24. The molecule has 4 heterocycles. The van der Waals surface area contributed by atoms with Crippen molar-refractivity contribution in [2.24, 2.45) is 9.98 Å². The Kier molecular flexibility index (Phi) is 5.04. The molecule has 0 saturated heterocycles. The van der Waals surface area contributed by atoms with Gasteiger partial charge in [0.15, 0.2) is 17.5 Å². The van der Waals surface area contributed by atoms with Crippen LogP contribution < -0.4 is 10.2 Å². The Bertz CT molecular complexity index is 1730. The molecule has 186 valence electrons. The summed E-state index contributed by atoms with van der Waals surface area (Å²) < 4.78 is 7.98. The third-order valence-electron chi connectivity index (χ3n) is 7.01. The lowest BCUT2D eigenvalue weighted by molar-refractivity contribution is 0.487. The molecule has 2 aliphatic heterocycles. The van der Waals surface area contributed by atoms with E-state index >= 15 is 0 Å². The number of aliphatic imine (C=N–C) groups is 2. The van der Waals surface area contributed by atoms with Crippen LogP contribution >= 0.6 is 0 Å². The molecular formula is C31H26N6O. The van der Waals surface area contributed by atoms with Crippen LogP contribution in [0.15, 0.2) is 106 Å². The quantitative estimate of drug-likeness (QED) is 0.286. The van der Waals surface area contributed by atoms with Crippen molar-refractivity contribution in [2.45, 2.75) is 26.8 Å². The Morgan fingerprint density at radius 3 is 2.45 bits per heavy atom. The predicted octanol–water partition coefficient (Wildman–Crippen LogP) is 7.19. The van der Waals surface area contributed by atoms with Gasteiger partial charge in [0.05, 0.1) is 34.6 Å². The second-order valence-electron chi connectivity index (χ2n) is 9.74. The zero-order chi connectivity index (χ0) is 25.8. The van der Waals surface area contributed by atoms with Crippen LogP contribution in [-0.2, 0) is 0 Å². The van der Waals surface area contributed by atoms with Crippen LogP contribution in [0.25, 0.3) is 5.69 Å². The maximum atomic E-state index is 6.05. The first-order valence-electron chi connectivity index (χ1n) is 12.7. The minimum atomic E-state index is -0.266. The van der Waals surface area contributed by atoms with Gasteiger partial charge in [0.1, 0.15) is 11.8 Å². The van der Waals surface area contributed by atoms with Crippen molar-refractivity contribution < 1.29 is 4.42 Å². The number of fused-ring (bicyclic) bond motifs is 4. The zero-order valence-electron chi connectivity index (χ0n) is 21.4. The second-order valence-corrected chi connectivity index (χ2v) is 9.74. The maximum Gasteiger partial charge on any atom is 0.179 e. The molecule has 7 rings (SSSR count). The Balaban J connectivity index is 1.49. The van der Waals surface area contributed by atoms with Crippen molar-refractivity contribution >= 4 is 34.6 Å². The van der Waals surface area contributed by atoms with E-state index in [0.29, 0.717) is 11.7 Å². The first kappa shape index (κ1) is 22.3. The van der Waals surface area contributed by atoms with Gasteiger partial charge in [0.2, 0.25) is 0 Å². The van der Waals surface area contributed by atoms with Crippen LogP contribution in [0.5, 0.6) is 0 Å². The Labute approximate surface area is 220 Å².